The molecule has 2 rings (SSSR count). The second-order valence-corrected chi connectivity index (χ2v) is 6.91. The van der Waals surface area contributed by atoms with Crippen LogP contribution in [0.25, 0.3) is 0 Å². The Morgan fingerprint density at radius 1 is 1.32 bits per heavy atom. The molecule has 0 radical (unpaired) electrons. The zero-order valence-electron chi connectivity index (χ0n) is 12.6. The molecule has 0 spiro atoms. The van der Waals surface area contributed by atoms with Gasteiger partial charge in [-0.15, -0.1) is 0 Å². The normalized spacial score (nSPS) is 18.7. The second-order valence-electron chi connectivity index (χ2n) is 6.91. The van der Waals surface area contributed by atoms with Crippen molar-refractivity contribution in [2.24, 2.45) is 18.4 Å². The molecule has 0 unspecified atom stereocenters. The van der Waals surface area contributed by atoms with Crippen molar-refractivity contribution >= 4 is 5.78 Å². The summed E-state index contributed by atoms with van der Waals surface area (Å²) in [6.45, 7) is 9.65. The van der Waals surface area contributed by atoms with Gasteiger partial charge < -0.3 is 4.57 Å². The standard InChI is InChI=1S/C16H26N2O/c1-16(2,3)14-6-9-18(10-7-14)12-15(19)13-5-8-17(4)11-13/h5,8,11,14H,6-7,9-10,12H2,1-4H3. The number of likely N-dealkylation sites (tertiary alicyclic amines) is 1. The average molecular weight is 262 g/mol. The molecule has 1 aliphatic rings. The number of piperidine rings is 1. The highest BCUT2D eigenvalue weighted by Crippen LogP contribution is 2.34. The Balaban J connectivity index is 1.84. The van der Waals surface area contributed by atoms with E-state index < -0.39 is 0 Å². The largest absolute Gasteiger partial charge is 0.357 e. The van der Waals surface area contributed by atoms with E-state index in [4.69, 9.17) is 0 Å². The fourth-order valence-electron chi connectivity index (χ4n) is 2.92. The number of hydrogen-bond donors (Lipinski definition) is 0. The van der Waals surface area contributed by atoms with E-state index in [1.165, 1.54) is 12.8 Å². The Morgan fingerprint density at radius 3 is 2.42 bits per heavy atom. The van der Waals surface area contributed by atoms with Crippen LogP contribution in [-0.4, -0.2) is 34.9 Å². The zero-order valence-corrected chi connectivity index (χ0v) is 12.6. The summed E-state index contributed by atoms with van der Waals surface area (Å²) in [5, 5.41) is 0. The monoisotopic (exact) mass is 262 g/mol. The van der Waals surface area contributed by atoms with E-state index in [0.29, 0.717) is 12.0 Å². The quantitative estimate of drug-likeness (QED) is 0.783. The Bertz CT molecular complexity index is 434. The van der Waals surface area contributed by atoms with E-state index >= 15 is 0 Å². The fourth-order valence-corrected chi connectivity index (χ4v) is 2.92. The van der Waals surface area contributed by atoms with Crippen LogP contribution in [0.3, 0.4) is 0 Å². The van der Waals surface area contributed by atoms with Gasteiger partial charge in [-0.05, 0) is 43.3 Å². The molecule has 0 aromatic carbocycles. The van der Waals surface area contributed by atoms with Gasteiger partial charge >= 0.3 is 0 Å². The molecule has 0 N–H and O–H groups in total. The van der Waals surface area contributed by atoms with Crippen LogP contribution in [-0.2, 0) is 7.05 Å². The van der Waals surface area contributed by atoms with Gasteiger partial charge in [0.05, 0.1) is 6.54 Å². The van der Waals surface area contributed by atoms with Crippen molar-refractivity contribution in [3.8, 4) is 0 Å². The summed E-state index contributed by atoms with van der Waals surface area (Å²) in [7, 11) is 1.95. The summed E-state index contributed by atoms with van der Waals surface area (Å²) in [5.41, 5.74) is 1.23. The maximum Gasteiger partial charge on any atom is 0.178 e. The minimum absolute atomic E-state index is 0.245. The predicted octanol–water partition coefficient (Wildman–Crippen LogP) is 2.97. The third kappa shape index (κ3) is 3.69. The number of aryl methyl sites for hydroxylation is 1. The first-order valence-electron chi connectivity index (χ1n) is 7.24. The van der Waals surface area contributed by atoms with Gasteiger partial charge in [0.25, 0.3) is 0 Å². The molecular weight excluding hydrogens is 236 g/mol. The number of hydrogen-bond acceptors (Lipinski definition) is 2. The van der Waals surface area contributed by atoms with Gasteiger partial charge in [0.2, 0.25) is 0 Å². The number of rotatable bonds is 3. The first-order valence-corrected chi connectivity index (χ1v) is 7.24. The molecule has 0 bridgehead atoms. The molecule has 1 fully saturated rings. The number of nitrogens with zero attached hydrogens (tertiary/aromatic N) is 2. The lowest BCUT2D eigenvalue weighted by molar-refractivity contribution is 0.0822. The maximum atomic E-state index is 12.1. The lowest BCUT2D eigenvalue weighted by Crippen LogP contribution is -2.40. The van der Waals surface area contributed by atoms with Crippen molar-refractivity contribution in [2.45, 2.75) is 33.6 Å². The van der Waals surface area contributed by atoms with E-state index in [-0.39, 0.29) is 5.78 Å². The van der Waals surface area contributed by atoms with Crippen LogP contribution >= 0.6 is 0 Å². The van der Waals surface area contributed by atoms with Crippen LogP contribution < -0.4 is 0 Å². The summed E-state index contributed by atoms with van der Waals surface area (Å²) in [6.07, 6.45) is 6.26. The molecule has 106 valence electrons. The topological polar surface area (TPSA) is 25.2 Å². The zero-order chi connectivity index (χ0) is 14.0. The number of ketones is 1. The molecular formula is C16H26N2O. The summed E-state index contributed by atoms with van der Waals surface area (Å²) < 4.78 is 1.93. The Morgan fingerprint density at radius 2 is 1.95 bits per heavy atom. The molecule has 3 nitrogen and oxygen atoms in total. The molecule has 1 aromatic rings. The lowest BCUT2D eigenvalue weighted by Gasteiger charge is -2.38. The Kier molecular flexibility index (Phi) is 4.14. The minimum atomic E-state index is 0.245. The third-order valence-electron chi connectivity index (χ3n) is 4.33. The molecule has 0 atom stereocenters. The van der Waals surface area contributed by atoms with Gasteiger partial charge in [0.15, 0.2) is 5.78 Å². The summed E-state index contributed by atoms with van der Waals surface area (Å²) in [5.74, 6) is 1.03. The number of carbonyl (C=O) groups is 1. The van der Waals surface area contributed by atoms with Crippen LogP contribution in [0, 0.1) is 11.3 Å². The van der Waals surface area contributed by atoms with Gasteiger partial charge in [0.1, 0.15) is 0 Å². The first-order chi connectivity index (χ1) is 8.86. The van der Waals surface area contributed by atoms with Crippen molar-refractivity contribution in [1.29, 1.82) is 0 Å². The first kappa shape index (κ1) is 14.3. The van der Waals surface area contributed by atoms with Crippen LogP contribution in [0.4, 0.5) is 0 Å². The predicted molar refractivity (Wildman–Crippen MR) is 78.4 cm³/mol. The van der Waals surface area contributed by atoms with E-state index in [2.05, 4.69) is 25.7 Å². The van der Waals surface area contributed by atoms with Crippen molar-refractivity contribution in [3.63, 3.8) is 0 Å². The maximum absolute atomic E-state index is 12.1. The van der Waals surface area contributed by atoms with Gasteiger partial charge in [-0.25, -0.2) is 0 Å². The smallest absolute Gasteiger partial charge is 0.178 e. The highest BCUT2D eigenvalue weighted by molar-refractivity contribution is 5.97. The molecule has 0 saturated carbocycles. The van der Waals surface area contributed by atoms with Crippen LogP contribution in [0.5, 0.6) is 0 Å². The highest BCUT2D eigenvalue weighted by Gasteiger charge is 2.29. The highest BCUT2D eigenvalue weighted by atomic mass is 16.1. The van der Waals surface area contributed by atoms with Crippen molar-refractivity contribution in [3.05, 3.63) is 24.0 Å². The van der Waals surface area contributed by atoms with Gasteiger partial charge in [-0.3, -0.25) is 9.69 Å². The SMILES string of the molecule is Cn1ccc(C(=O)CN2CCC(C(C)(C)C)CC2)c1. The molecule has 1 aromatic heterocycles. The van der Waals surface area contributed by atoms with E-state index in [1.807, 2.05) is 30.1 Å². The molecule has 19 heavy (non-hydrogen) atoms. The molecule has 1 saturated heterocycles. The Labute approximate surface area is 116 Å². The average Bonchev–Trinajstić information content (AvgIpc) is 2.75. The molecule has 1 aliphatic heterocycles. The molecule has 0 amide bonds. The third-order valence-corrected chi connectivity index (χ3v) is 4.33. The van der Waals surface area contributed by atoms with Crippen LogP contribution in [0.15, 0.2) is 18.5 Å². The number of carbonyl (C=O) groups excluding carboxylic acids is 1. The van der Waals surface area contributed by atoms with Gasteiger partial charge in [-0.2, -0.15) is 0 Å². The Hall–Kier alpha value is -1.09. The lowest BCUT2D eigenvalue weighted by atomic mass is 9.75. The van der Waals surface area contributed by atoms with E-state index in [1.54, 1.807) is 0 Å². The van der Waals surface area contributed by atoms with E-state index in [0.717, 1.165) is 24.6 Å². The van der Waals surface area contributed by atoms with Crippen LogP contribution in [0.2, 0.25) is 0 Å². The minimum Gasteiger partial charge on any atom is -0.357 e. The number of Topliss-reactive ketones (excluding diaryl/α,β-unsaturated/α-hetero) is 1. The summed E-state index contributed by atoms with van der Waals surface area (Å²) in [4.78, 5) is 14.5. The fraction of sp³-hybridized carbons (Fsp3) is 0.688. The molecule has 3 heteroatoms. The summed E-state index contributed by atoms with van der Waals surface area (Å²) >= 11 is 0. The van der Waals surface area contributed by atoms with E-state index in [9.17, 15) is 4.79 Å². The van der Waals surface area contributed by atoms with Crippen molar-refractivity contribution in [1.82, 2.24) is 9.47 Å². The van der Waals surface area contributed by atoms with Crippen molar-refractivity contribution < 1.29 is 4.79 Å². The van der Waals surface area contributed by atoms with Crippen LogP contribution in [0.1, 0.15) is 44.0 Å². The molecule has 0 aliphatic carbocycles. The van der Waals surface area contributed by atoms with Gasteiger partial charge in [-0.1, -0.05) is 20.8 Å². The molecule has 2 heterocycles. The van der Waals surface area contributed by atoms with Gasteiger partial charge in [0, 0.05) is 25.0 Å². The summed E-state index contributed by atoms with van der Waals surface area (Å²) in [6, 6.07) is 1.91. The second kappa shape index (κ2) is 5.49. The van der Waals surface area contributed by atoms with Crippen molar-refractivity contribution in [2.75, 3.05) is 19.6 Å². The number of aromatic nitrogens is 1.